The van der Waals surface area contributed by atoms with Gasteiger partial charge in [0, 0.05) is 13.1 Å². The molecule has 0 unspecified atom stereocenters. The Morgan fingerprint density at radius 2 is 1.07 bits per heavy atom. The summed E-state index contributed by atoms with van der Waals surface area (Å²) in [5, 5.41) is 16.1. The van der Waals surface area contributed by atoms with Gasteiger partial charge in [-0.2, -0.15) is 0 Å². The number of rotatable bonds is 16. The van der Waals surface area contributed by atoms with Crippen molar-refractivity contribution >= 4 is 11.8 Å². The van der Waals surface area contributed by atoms with Crippen molar-refractivity contribution in [3.63, 3.8) is 0 Å². The summed E-state index contributed by atoms with van der Waals surface area (Å²) in [5.74, 6) is -0.906. The Kier molecular flexibility index (Phi) is 13.6. The molecule has 0 saturated carbocycles. The number of hydrogen-bond acceptors (Lipinski definition) is 3. The number of carbonyl (C=O) groups excluding carboxylic acids is 2. The molecule has 0 atom stereocenters. The number of amides is 2. The van der Waals surface area contributed by atoms with E-state index < -0.39 is 0 Å². The number of nitrogens with one attached hydrogen (secondary N) is 2. The lowest BCUT2D eigenvalue weighted by molar-refractivity contribution is 0.0948. The van der Waals surface area contributed by atoms with Crippen molar-refractivity contribution < 1.29 is 14.7 Å². The van der Waals surface area contributed by atoms with Gasteiger partial charge in [0.15, 0.2) is 0 Å². The van der Waals surface area contributed by atoms with Gasteiger partial charge >= 0.3 is 0 Å². The standard InChI is InChI=1S/C24H40N2O3/c1-3-5-7-9-11-13-18-25-23(28)20-16-15-17-21(22(20)27)24(29)26-19-14-12-10-8-6-4-2/h15-17,27H,3-14,18-19H2,1-2H3,(H,25,28)(H,26,29). The van der Waals surface area contributed by atoms with Crippen molar-refractivity contribution in [2.24, 2.45) is 0 Å². The van der Waals surface area contributed by atoms with Crippen LogP contribution in [0.3, 0.4) is 0 Å². The van der Waals surface area contributed by atoms with E-state index in [1.54, 1.807) is 18.2 Å². The summed E-state index contributed by atoms with van der Waals surface area (Å²) in [6.45, 7) is 5.54. The van der Waals surface area contributed by atoms with E-state index in [9.17, 15) is 14.7 Å². The third kappa shape index (κ3) is 10.3. The molecule has 5 heteroatoms. The second-order valence-corrected chi connectivity index (χ2v) is 7.75. The van der Waals surface area contributed by atoms with Crippen LogP contribution in [0.25, 0.3) is 0 Å². The predicted octanol–water partition coefficient (Wildman–Crippen LogP) is 5.57. The van der Waals surface area contributed by atoms with Gasteiger partial charge in [-0.1, -0.05) is 84.1 Å². The van der Waals surface area contributed by atoms with Gasteiger partial charge in [-0.15, -0.1) is 0 Å². The first-order chi connectivity index (χ1) is 14.1. The Bertz CT molecular complexity index is 554. The normalized spacial score (nSPS) is 10.7. The van der Waals surface area contributed by atoms with Crippen molar-refractivity contribution in [3.05, 3.63) is 29.3 Å². The molecule has 5 nitrogen and oxygen atoms in total. The van der Waals surface area contributed by atoms with E-state index in [0.717, 1.165) is 25.7 Å². The smallest absolute Gasteiger partial charge is 0.255 e. The highest BCUT2D eigenvalue weighted by molar-refractivity contribution is 6.03. The molecule has 0 saturated heterocycles. The highest BCUT2D eigenvalue weighted by Gasteiger charge is 2.18. The molecule has 0 aliphatic rings. The van der Waals surface area contributed by atoms with E-state index in [2.05, 4.69) is 24.5 Å². The topological polar surface area (TPSA) is 78.4 Å². The molecule has 3 N–H and O–H groups in total. The van der Waals surface area contributed by atoms with Gasteiger partial charge in [-0.25, -0.2) is 0 Å². The summed E-state index contributed by atoms with van der Waals surface area (Å²) >= 11 is 0. The Morgan fingerprint density at radius 1 is 0.690 bits per heavy atom. The third-order valence-electron chi connectivity index (χ3n) is 5.16. The van der Waals surface area contributed by atoms with Gasteiger partial charge in [0.25, 0.3) is 11.8 Å². The van der Waals surface area contributed by atoms with E-state index in [1.165, 1.54) is 51.4 Å². The first-order valence-corrected chi connectivity index (χ1v) is 11.5. The number of aromatic hydroxyl groups is 1. The Morgan fingerprint density at radius 3 is 1.48 bits per heavy atom. The molecule has 0 heterocycles. The summed E-state index contributed by atoms with van der Waals surface area (Å²) in [4.78, 5) is 24.7. The number of unbranched alkanes of at least 4 members (excludes halogenated alkanes) is 10. The SMILES string of the molecule is CCCCCCCCNC(=O)c1cccc(C(=O)NCCCCCCCC)c1O. The van der Waals surface area contributed by atoms with Gasteiger partial charge in [-0.3, -0.25) is 9.59 Å². The van der Waals surface area contributed by atoms with Crippen molar-refractivity contribution in [2.75, 3.05) is 13.1 Å². The van der Waals surface area contributed by atoms with Crippen molar-refractivity contribution in [2.45, 2.75) is 90.9 Å². The molecule has 0 aliphatic heterocycles. The minimum Gasteiger partial charge on any atom is -0.506 e. The van der Waals surface area contributed by atoms with Gasteiger partial charge in [0.2, 0.25) is 0 Å². The maximum Gasteiger partial charge on any atom is 0.255 e. The molecule has 0 aliphatic carbocycles. The summed E-state index contributed by atoms with van der Waals surface area (Å²) < 4.78 is 0. The minimum atomic E-state index is -0.332. The molecule has 2 amide bonds. The summed E-state index contributed by atoms with van der Waals surface area (Å²) in [5.41, 5.74) is 0.311. The first-order valence-electron chi connectivity index (χ1n) is 11.5. The van der Waals surface area contributed by atoms with Gasteiger partial charge in [0.1, 0.15) is 5.75 Å². The number of para-hydroxylation sites is 1. The molecular weight excluding hydrogens is 364 g/mol. The highest BCUT2D eigenvalue weighted by Crippen LogP contribution is 2.22. The second kappa shape index (κ2) is 15.8. The molecule has 1 aromatic carbocycles. The van der Waals surface area contributed by atoms with E-state index in [-0.39, 0.29) is 28.7 Å². The van der Waals surface area contributed by atoms with Gasteiger partial charge in [0.05, 0.1) is 11.1 Å². The predicted molar refractivity (Wildman–Crippen MR) is 120 cm³/mol. The lowest BCUT2D eigenvalue weighted by Crippen LogP contribution is -2.27. The Hall–Kier alpha value is -2.04. The van der Waals surface area contributed by atoms with Crippen LogP contribution in [0.15, 0.2) is 18.2 Å². The van der Waals surface area contributed by atoms with Crippen molar-refractivity contribution in [1.29, 1.82) is 0 Å². The van der Waals surface area contributed by atoms with Gasteiger partial charge in [-0.05, 0) is 25.0 Å². The van der Waals surface area contributed by atoms with Crippen LogP contribution in [0, 0.1) is 0 Å². The van der Waals surface area contributed by atoms with Gasteiger partial charge < -0.3 is 15.7 Å². The molecule has 0 aromatic heterocycles. The van der Waals surface area contributed by atoms with Crippen LogP contribution in [0.5, 0.6) is 5.75 Å². The number of carbonyl (C=O) groups is 2. The van der Waals surface area contributed by atoms with E-state index in [1.807, 2.05) is 0 Å². The zero-order valence-corrected chi connectivity index (χ0v) is 18.4. The maximum absolute atomic E-state index is 12.4. The van der Waals surface area contributed by atoms with Crippen LogP contribution in [0.2, 0.25) is 0 Å². The molecule has 1 rings (SSSR count). The van der Waals surface area contributed by atoms with Crippen molar-refractivity contribution in [3.8, 4) is 5.75 Å². The molecule has 1 aromatic rings. The van der Waals surface area contributed by atoms with Crippen LogP contribution in [-0.4, -0.2) is 30.0 Å². The fourth-order valence-electron chi connectivity index (χ4n) is 3.31. The van der Waals surface area contributed by atoms with Crippen LogP contribution < -0.4 is 10.6 Å². The lowest BCUT2D eigenvalue weighted by atomic mass is 10.1. The van der Waals surface area contributed by atoms with Crippen LogP contribution in [0.4, 0.5) is 0 Å². The molecule has 29 heavy (non-hydrogen) atoms. The number of benzene rings is 1. The summed E-state index contributed by atoms with van der Waals surface area (Å²) in [6.07, 6.45) is 13.8. The summed E-state index contributed by atoms with van der Waals surface area (Å²) in [6, 6.07) is 4.74. The lowest BCUT2D eigenvalue weighted by Gasteiger charge is -2.11. The van der Waals surface area contributed by atoms with E-state index in [4.69, 9.17) is 0 Å². The highest BCUT2D eigenvalue weighted by atomic mass is 16.3. The molecule has 0 fully saturated rings. The summed E-state index contributed by atoms with van der Waals surface area (Å²) in [7, 11) is 0. The van der Waals surface area contributed by atoms with Crippen molar-refractivity contribution in [1.82, 2.24) is 10.6 Å². The Balaban J connectivity index is 2.40. The van der Waals surface area contributed by atoms with E-state index in [0.29, 0.717) is 13.1 Å². The van der Waals surface area contributed by atoms with Crippen LogP contribution in [-0.2, 0) is 0 Å². The largest absolute Gasteiger partial charge is 0.506 e. The zero-order valence-electron chi connectivity index (χ0n) is 18.4. The fourth-order valence-corrected chi connectivity index (χ4v) is 3.31. The fraction of sp³-hybridized carbons (Fsp3) is 0.667. The first kappa shape index (κ1) is 25.0. The quantitative estimate of drug-likeness (QED) is 0.315. The molecular formula is C24H40N2O3. The average molecular weight is 405 g/mol. The monoisotopic (exact) mass is 404 g/mol. The second-order valence-electron chi connectivity index (χ2n) is 7.75. The minimum absolute atomic E-state index is 0.156. The number of hydrogen-bond donors (Lipinski definition) is 3. The zero-order chi connectivity index (χ0) is 21.3. The Labute approximate surface area is 176 Å². The maximum atomic E-state index is 12.4. The molecule has 164 valence electrons. The molecule has 0 bridgehead atoms. The number of phenols is 1. The van der Waals surface area contributed by atoms with Crippen LogP contribution in [0.1, 0.15) is 112 Å². The van der Waals surface area contributed by atoms with E-state index >= 15 is 0 Å². The average Bonchev–Trinajstić information content (AvgIpc) is 2.72. The van der Waals surface area contributed by atoms with Crippen LogP contribution >= 0.6 is 0 Å². The number of phenolic OH excluding ortho intramolecular Hbond substituents is 1. The molecule has 0 spiro atoms. The molecule has 0 radical (unpaired) electrons. The third-order valence-corrected chi connectivity index (χ3v) is 5.16.